The van der Waals surface area contributed by atoms with Gasteiger partial charge in [-0.05, 0) is 46.1 Å². The number of carbonyl (C=O) groups is 2. The number of hydrogen-bond donors (Lipinski definition) is 1. The molecular weight excluding hydrogens is 488 g/mol. The summed E-state index contributed by atoms with van der Waals surface area (Å²) in [5.41, 5.74) is 8.20. The Labute approximate surface area is 199 Å². The predicted octanol–water partition coefficient (Wildman–Crippen LogP) is 3.53. The lowest BCUT2D eigenvalue weighted by atomic mass is 9.80. The van der Waals surface area contributed by atoms with Gasteiger partial charge in [0.25, 0.3) is 0 Å². The average Bonchev–Trinajstić information content (AvgIpc) is 2.83. The van der Waals surface area contributed by atoms with Crippen molar-refractivity contribution in [2.24, 2.45) is 5.73 Å². The molecule has 2 aromatic carbocycles. The smallest absolute Gasteiger partial charge is 0.355 e. The highest BCUT2D eigenvalue weighted by Crippen LogP contribution is 2.45. The van der Waals surface area contributed by atoms with Crippen molar-refractivity contribution >= 4 is 33.6 Å². The second-order valence-electron chi connectivity index (χ2n) is 7.07. The van der Waals surface area contributed by atoms with Crippen molar-refractivity contribution in [2.75, 3.05) is 19.1 Å². The van der Waals surface area contributed by atoms with Crippen LogP contribution in [0.15, 0.2) is 69.6 Å². The summed E-state index contributed by atoms with van der Waals surface area (Å²) in [6, 6.07) is 16.1. The molecule has 0 saturated heterocycles. The molecule has 0 fully saturated rings. The Morgan fingerprint density at radius 1 is 1.06 bits per heavy atom. The summed E-state index contributed by atoms with van der Waals surface area (Å²) in [5.74, 6) is -2.65. The van der Waals surface area contributed by atoms with Crippen LogP contribution in [0.25, 0.3) is 0 Å². The molecule has 0 bridgehead atoms. The Balaban J connectivity index is 2.48. The highest BCUT2D eigenvalue weighted by Gasteiger charge is 2.43. The summed E-state index contributed by atoms with van der Waals surface area (Å²) in [5, 5.41) is 19.4. The largest absolute Gasteiger partial charge is 0.466 e. The van der Waals surface area contributed by atoms with Gasteiger partial charge in [-0.15, -0.1) is 0 Å². The number of rotatable bonds is 4. The molecule has 8 nitrogen and oxygen atoms in total. The first kappa shape index (κ1) is 23.6. The molecule has 1 atom stereocenters. The van der Waals surface area contributed by atoms with Crippen LogP contribution in [0, 0.1) is 29.6 Å². The number of carbonyl (C=O) groups excluding carboxylic acids is 2. The molecule has 0 aromatic heterocycles. The summed E-state index contributed by atoms with van der Waals surface area (Å²) in [6.07, 6.45) is 0. The Hall–Kier alpha value is -4.08. The van der Waals surface area contributed by atoms with E-state index in [1.54, 1.807) is 49.4 Å². The topological polar surface area (TPSA) is 129 Å². The lowest BCUT2D eigenvalue weighted by molar-refractivity contribution is -0.139. The fraction of sp³-hybridized carbons (Fsp3) is 0.167. The molecule has 33 heavy (non-hydrogen) atoms. The number of aryl methyl sites for hydroxylation is 1. The molecule has 3 rings (SSSR count). The second kappa shape index (κ2) is 9.60. The Kier molecular flexibility index (Phi) is 6.86. The first-order chi connectivity index (χ1) is 15.8. The third kappa shape index (κ3) is 4.07. The third-order valence-corrected chi connectivity index (χ3v) is 5.82. The molecule has 2 aromatic rings. The summed E-state index contributed by atoms with van der Waals surface area (Å²) in [7, 11) is 2.37. The van der Waals surface area contributed by atoms with Gasteiger partial charge >= 0.3 is 11.9 Å². The van der Waals surface area contributed by atoms with Crippen LogP contribution < -0.4 is 10.6 Å². The van der Waals surface area contributed by atoms with Crippen LogP contribution in [0.2, 0.25) is 0 Å². The monoisotopic (exact) mass is 506 g/mol. The molecule has 0 amide bonds. The number of esters is 2. The molecule has 9 heteroatoms. The quantitative estimate of drug-likeness (QED) is 0.623. The van der Waals surface area contributed by atoms with Crippen LogP contribution in [0.3, 0.4) is 0 Å². The van der Waals surface area contributed by atoms with Crippen LogP contribution in [-0.4, -0.2) is 26.2 Å². The maximum Gasteiger partial charge on any atom is 0.355 e. The van der Waals surface area contributed by atoms with Crippen molar-refractivity contribution in [3.8, 4) is 12.1 Å². The van der Waals surface area contributed by atoms with Gasteiger partial charge in [0.15, 0.2) is 0 Å². The van der Waals surface area contributed by atoms with E-state index in [4.69, 9.17) is 15.2 Å². The van der Waals surface area contributed by atoms with Gasteiger partial charge in [-0.3, -0.25) is 4.90 Å². The van der Waals surface area contributed by atoms with Crippen molar-refractivity contribution in [1.82, 2.24) is 0 Å². The SMILES string of the molecule is COC(=O)C1=C(C(=O)OC)N(c2c(C)cc(C#N)cc2Br)C(N)=C(C#N)C1c1ccccc1. The average molecular weight is 507 g/mol. The number of nitriles is 2. The van der Waals surface area contributed by atoms with Gasteiger partial charge in [0, 0.05) is 4.47 Å². The van der Waals surface area contributed by atoms with Crippen LogP contribution in [0.4, 0.5) is 5.69 Å². The summed E-state index contributed by atoms with van der Waals surface area (Å²) in [6.45, 7) is 1.72. The zero-order chi connectivity index (χ0) is 24.3. The number of nitrogens with two attached hydrogens (primary N) is 1. The zero-order valence-electron chi connectivity index (χ0n) is 18.0. The molecule has 1 aliphatic rings. The van der Waals surface area contributed by atoms with Gasteiger partial charge in [-0.25, -0.2) is 9.59 Å². The summed E-state index contributed by atoms with van der Waals surface area (Å²) in [4.78, 5) is 27.4. The molecule has 0 spiro atoms. The Morgan fingerprint density at radius 2 is 1.70 bits per heavy atom. The maximum atomic E-state index is 13.1. The van der Waals surface area contributed by atoms with Crippen LogP contribution in [-0.2, 0) is 19.1 Å². The molecule has 1 unspecified atom stereocenters. The normalized spacial score (nSPS) is 15.6. The van der Waals surface area contributed by atoms with E-state index < -0.39 is 17.9 Å². The molecule has 1 heterocycles. The highest BCUT2D eigenvalue weighted by molar-refractivity contribution is 9.10. The second-order valence-corrected chi connectivity index (χ2v) is 7.92. The number of anilines is 1. The number of benzene rings is 2. The van der Waals surface area contributed by atoms with Crippen molar-refractivity contribution < 1.29 is 19.1 Å². The fourth-order valence-corrected chi connectivity index (χ4v) is 4.57. The zero-order valence-corrected chi connectivity index (χ0v) is 19.6. The van der Waals surface area contributed by atoms with E-state index in [2.05, 4.69) is 28.1 Å². The number of ether oxygens (including phenoxy) is 2. The van der Waals surface area contributed by atoms with E-state index in [9.17, 15) is 20.1 Å². The molecular formula is C24H19BrN4O4. The summed E-state index contributed by atoms with van der Waals surface area (Å²) >= 11 is 3.43. The number of methoxy groups -OCH3 is 2. The lowest BCUT2D eigenvalue weighted by Gasteiger charge is -2.37. The standard InChI is InChI=1S/C24H19BrN4O4/c1-13-9-14(11-26)10-17(25)20(13)29-21(24(31)33-3)19(23(30)32-2)18(16(12-27)22(29)28)15-7-5-4-6-8-15/h4-10,18H,28H2,1-3H3. The Bertz CT molecular complexity index is 1260. The van der Waals surface area contributed by atoms with Crippen LogP contribution in [0.1, 0.15) is 22.6 Å². The maximum absolute atomic E-state index is 13.1. The van der Waals surface area contributed by atoms with E-state index in [1.165, 1.54) is 19.1 Å². The van der Waals surface area contributed by atoms with E-state index in [1.807, 2.05) is 0 Å². The minimum absolute atomic E-state index is 0.0482. The molecule has 2 N–H and O–H groups in total. The number of nitrogens with zero attached hydrogens (tertiary/aromatic N) is 3. The van der Waals surface area contributed by atoms with Gasteiger partial charge in [-0.2, -0.15) is 10.5 Å². The van der Waals surface area contributed by atoms with Gasteiger partial charge in [0.1, 0.15) is 11.5 Å². The van der Waals surface area contributed by atoms with Gasteiger partial charge in [-0.1, -0.05) is 30.3 Å². The first-order valence-corrected chi connectivity index (χ1v) is 10.5. The minimum atomic E-state index is -0.952. The molecule has 166 valence electrons. The molecule has 0 aliphatic carbocycles. The van der Waals surface area contributed by atoms with Crippen LogP contribution in [0.5, 0.6) is 0 Å². The van der Waals surface area contributed by atoms with Crippen molar-refractivity contribution in [1.29, 1.82) is 10.5 Å². The van der Waals surface area contributed by atoms with Gasteiger partial charge in [0.2, 0.25) is 0 Å². The minimum Gasteiger partial charge on any atom is -0.466 e. The van der Waals surface area contributed by atoms with E-state index in [-0.39, 0.29) is 22.7 Å². The molecule has 1 aliphatic heterocycles. The third-order valence-electron chi connectivity index (χ3n) is 5.22. The van der Waals surface area contributed by atoms with Gasteiger partial charge in [0.05, 0.1) is 54.7 Å². The molecule has 0 radical (unpaired) electrons. The van der Waals surface area contributed by atoms with Crippen molar-refractivity contribution in [3.05, 3.63) is 86.3 Å². The predicted molar refractivity (Wildman–Crippen MR) is 123 cm³/mol. The van der Waals surface area contributed by atoms with Gasteiger partial charge < -0.3 is 15.2 Å². The summed E-state index contributed by atoms with van der Waals surface area (Å²) < 4.78 is 10.5. The first-order valence-electron chi connectivity index (χ1n) is 9.66. The van der Waals surface area contributed by atoms with E-state index >= 15 is 0 Å². The molecule has 0 saturated carbocycles. The number of allylic oxidation sites excluding steroid dienone is 1. The van der Waals surface area contributed by atoms with Crippen LogP contribution >= 0.6 is 15.9 Å². The highest BCUT2D eigenvalue weighted by atomic mass is 79.9. The lowest BCUT2D eigenvalue weighted by Crippen LogP contribution is -2.41. The van der Waals surface area contributed by atoms with E-state index in [0.717, 1.165) is 0 Å². The number of hydrogen-bond acceptors (Lipinski definition) is 8. The van der Waals surface area contributed by atoms with E-state index in [0.29, 0.717) is 26.9 Å². The fourth-order valence-electron chi connectivity index (χ4n) is 3.83. The Morgan fingerprint density at radius 3 is 2.21 bits per heavy atom. The van der Waals surface area contributed by atoms with Crippen molar-refractivity contribution in [2.45, 2.75) is 12.8 Å². The number of halogens is 1. The van der Waals surface area contributed by atoms with Crippen molar-refractivity contribution in [3.63, 3.8) is 0 Å².